The number of nitrogens with two attached hydrogens (primary N) is 1. The number of thiocarbonyl (C=S) groups is 1. The molecule has 1 rings (SSSR count). The van der Waals surface area contributed by atoms with Gasteiger partial charge in [-0.3, -0.25) is 15.6 Å². The number of hydrogen-bond donors (Lipinski definition) is 3. The van der Waals surface area contributed by atoms with Crippen LogP contribution in [0.2, 0.25) is 5.02 Å². The van der Waals surface area contributed by atoms with E-state index >= 15 is 0 Å². The lowest BCUT2D eigenvalue weighted by Crippen LogP contribution is -2.44. The Labute approximate surface area is 97.8 Å². The van der Waals surface area contributed by atoms with Gasteiger partial charge in [-0.1, -0.05) is 17.7 Å². The third kappa shape index (κ3) is 3.38. The average Bonchev–Trinajstić information content (AvgIpc) is 2.14. The van der Waals surface area contributed by atoms with Gasteiger partial charge >= 0.3 is 0 Å². The zero-order chi connectivity index (χ0) is 11.4. The van der Waals surface area contributed by atoms with E-state index in [-0.39, 0.29) is 11.0 Å². The number of carbonyl (C=O) groups excluding carboxylic acids is 1. The van der Waals surface area contributed by atoms with Gasteiger partial charge in [-0.25, -0.2) is 0 Å². The minimum atomic E-state index is -0.382. The number of hydrogen-bond acceptors (Lipinski definition) is 2. The summed E-state index contributed by atoms with van der Waals surface area (Å²) in [5, 5.41) is 0.379. The van der Waals surface area contributed by atoms with Crippen molar-refractivity contribution in [3.8, 4) is 0 Å². The SMILES string of the molecule is Cc1ccc(C(=O)NNC(N)=S)c(Cl)c1. The van der Waals surface area contributed by atoms with Crippen LogP contribution in [-0.4, -0.2) is 11.0 Å². The van der Waals surface area contributed by atoms with Crippen LogP contribution in [-0.2, 0) is 0 Å². The number of aryl methyl sites for hydroxylation is 1. The van der Waals surface area contributed by atoms with Crippen LogP contribution in [0.5, 0.6) is 0 Å². The van der Waals surface area contributed by atoms with Crippen molar-refractivity contribution < 1.29 is 4.79 Å². The summed E-state index contributed by atoms with van der Waals surface area (Å²) in [6, 6.07) is 5.13. The largest absolute Gasteiger partial charge is 0.375 e. The van der Waals surface area contributed by atoms with E-state index in [1.165, 1.54) is 0 Å². The molecule has 6 heteroatoms. The van der Waals surface area contributed by atoms with Gasteiger partial charge in [-0.2, -0.15) is 0 Å². The van der Waals surface area contributed by atoms with Gasteiger partial charge in [-0.05, 0) is 36.8 Å². The second-order valence-electron chi connectivity index (χ2n) is 2.93. The first-order valence-electron chi connectivity index (χ1n) is 4.12. The Hall–Kier alpha value is -1.33. The van der Waals surface area contributed by atoms with Gasteiger partial charge in [-0.15, -0.1) is 0 Å². The highest BCUT2D eigenvalue weighted by Crippen LogP contribution is 2.16. The Bertz CT molecular complexity index is 408. The summed E-state index contributed by atoms with van der Waals surface area (Å²) in [4.78, 5) is 11.5. The molecule has 0 aliphatic heterocycles. The van der Waals surface area contributed by atoms with Gasteiger partial charge in [0.05, 0.1) is 10.6 Å². The summed E-state index contributed by atoms with van der Waals surface area (Å²) < 4.78 is 0. The number of rotatable bonds is 1. The van der Waals surface area contributed by atoms with Crippen molar-refractivity contribution >= 4 is 34.8 Å². The third-order valence-corrected chi connectivity index (χ3v) is 2.08. The number of carbonyl (C=O) groups is 1. The molecular weight excluding hydrogens is 234 g/mol. The van der Waals surface area contributed by atoms with E-state index in [9.17, 15) is 4.79 Å². The zero-order valence-corrected chi connectivity index (χ0v) is 9.58. The lowest BCUT2D eigenvalue weighted by molar-refractivity contribution is 0.0944. The van der Waals surface area contributed by atoms with E-state index in [1.54, 1.807) is 18.2 Å². The van der Waals surface area contributed by atoms with Gasteiger partial charge in [0.1, 0.15) is 0 Å². The summed E-state index contributed by atoms with van der Waals surface area (Å²) in [7, 11) is 0. The molecule has 4 nitrogen and oxygen atoms in total. The fourth-order valence-electron chi connectivity index (χ4n) is 0.990. The lowest BCUT2D eigenvalue weighted by atomic mass is 10.1. The first-order valence-corrected chi connectivity index (χ1v) is 4.91. The fourth-order valence-corrected chi connectivity index (χ4v) is 1.36. The van der Waals surface area contributed by atoms with Crippen LogP contribution >= 0.6 is 23.8 Å². The molecule has 0 fully saturated rings. The normalized spacial score (nSPS) is 9.47. The van der Waals surface area contributed by atoms with Crippen molar-refractivity contribution in [2.75, 3.05) is 0 Å². The highest BCUT2D eigenvalue weighted by molar-refractivity contribution is 7.80. The molecule has 0 heterocycles. The quantitative estimate of drug-likeness (QED) is 0.511. The molecule has 0 aromatic heterocycles. The molecule has 1 amide bonds. The Morgan fingerprint density at radius 2 is 2.13 bits per heavy atom. The molecule has 0 unspecified atom stereocenters. The van der Waals surface area contributed by atoms with Crippen LogP contribution in [0.15, 0.2) is 18.2 Å². The molecule has 0 aliphatic carbocycles. The summed E-state index contributed by atoms with van der Waals surface area (Å²) in [5.41, 5.74) is 11.2. The number of halogens is 1. The maximum atomic E-state index is 11.5. The number of hydrazine groups is 1. The van der Waals surface area contributed by atoms with Crippen molar-refractivity contribution in [2.24, 2.45) is 5.73 Å². The van der Waals surface area contributed by atoms with Gasteiger partial charge in [0.25, 0.3) is 5.91 Å². The molecular formula is C9H10ClN3OS. The minimum absolute atomic E-state index is 0.00779. The monoisotopic (exact) mass is 243 g/mol. The van der Waals surface area contributed by atoms with Crippen molar-refractivity contribution in [2.45, 2.75) is 6.92 Å². The number of amides is 1. The second-order valence-corrected chi connectivity index (χ2v) is 3.77. The molecule has 0 saturated carbocycles. The van der Waals surface area contributed by atoms with Crippen molar-refractivity contribution in [1.29, 1.82) is 0 Å². The zero-order valence-electron chi connectivity index (χ0n) is 8.00. The Morgan fingerprint density at radius 1 is 1.47 bits per heavy atom. The Balaban J connectivity index is 2.78. The standard InChI is InChI=1S/C9H10ClN3OS/c1-5-2-3-6(7(10)4-5)8(14)12-13-9(11)15/h2-4H,1H3,(H,12,14)(H3,11,13,15). The summed E-state index contributed by atoms with van der Waals surface area (Å²) in [6.45, 7) is 1.89. The van der Waals surface area contributed by atoms with Gasteiger partial charge < -0.3 is 5.73 Å². The number of benzene rings is 1. The van der Waals surface area contributed by atoms with Crippen LogP contribution < -0.4 is 16.6 Å². The molecule has 80 valence electrons. The van der Waals surface area contributed by atoms with E-state index in [2.05, 4.69) is 23.1 Å². The Kier molecular flexibility index (Phi) is 3.88. The van der Waals surface area contributed by atoms with Crippen molar-refractivity contribution in [3.05, 3.63) is 34.3 Å². The molecule has 1 aromatic carbocycles. The van der Waals surface area contributed by atoms with E-state index in [0.717, 1.165) is 5.56 Å². The maximum Gasteiger partial charge on any atom is 0.271 e. The van der Waals surface area contributed by atoms with E-state index in [4.69, 9.17) is 17.3 Å². The molecule has 4 N–H and O–H groups in total. The van der Waals surface area contributed by atoms with Crippen LogP contribution in [0.4, 0.5) is 0 Å². The van der Waals surface area contributed by atoms with Crippen LogP contribution in [0.1, 0.15) is 15.9 Å². The summed E-state index contributed by atoms with van der Waals surface area (Å²) >= 11 is 10.4. The predicted molar refractivity (Wildman–Crippen MR) is 63.6 cm³/mol. The molecule has 1 aromatic rings. The van der Waals surface area contributed by atoms with Crippen molar-refractivity contribution in [3.63, 3.8) is 0 Å². The van der Waals surface area contributed by atoms with Crippen LogP contribution in [0.25, 0.3) is 0 Å². The fraction of sp³-hybridized carbons (Fsp3) is 0.111. The lowest BCUT2D eigenvalue weighted by Gasteiger charge is -2.07. The molecule has 0 bridgehead atoms. The molecule has 0 aliphatic rings. The molecule has 0 atom stereocenters. The van der Waals surface area contributed by atoms with Crippen LogP contribution in [0, 0.1) is 6.92 Å². The summed E-state index contributed by atoms with van der Waals surface area (Å²) in [6.07, 6.45) is 0. The highest BCUT2D eigenvalue weighted by atomic mass is 35.5. The van der Waals surface area contributed by atoms with Gasteiger partial charge in [0, 0.05) is 0 Å². The molecule has 0 saturated heterocycles. The van der Waals surface area contributed by atoms with E-state index in [0.29, 0.717) is 10.6 Å². The summed E-state index contributed by atoms with van der Waals surface area (Å²) in [5.74, 6) is -0.382. The maximum absolute atomic E-state index is 11.5. The van der Waals surface area contributed by atoms with E-state index in [1.807, 2.05) is 6.92 Å². The van der Waals surface area contributed by atoms with Crippen LogP contribution in [0.3, 0.4) is 0 Å². The molecule has 15 heavy (non-hydrogen) atoms. The molecule has 0 radical (unpaired) electrons. The van der Waals surface area contributed by atoms with Gasteiger partial charge in [0.15, 0.2) is 5.11 Å². The minimum Gasteiger partial charge on any atom is -0.375 e. The first-order chi connectivity index (χ1) is 7.00. The number of nitrogens with one attached hydrogen (secondary N) is 2. The highest BCUT2D eigenvalue weighted by Gasteiger charge is 2.09. The topological polar surface area (TPSA) is 67.2 Å². The average molecular weight is 244 g/mol. The van der Waals surface area contributed by atoms with Gasteiger partial charge in [0.2, 0.25) is 0 Å². The predicted octanol–water partition coefficient (Wildman–Crippen LogP) is 1.13. The first kappa shape index (κ1) is 11.7. The Morgan fingerprint density at radius 3 is 2.67 bits per heavy atom. The second kappa shape index (κ2) is 4.95. The third-order valence-electron chi connectivity index (χ3n) is 1.67. The van der Waals surface area contributed by atoms with E-state index < -0.39 is 0 Å². The smallest absolute Gasteiger partial charge is 0.271 e. The molecule has 0 spiro atoms. The van der Waals surface area contributed by atoms with Crippen molar-refractivity contribution in [1.82, 2.24) is 10.9 Å².